The molecule has 1 aliphatic heterocycles. The van der Waals surface area contributed by atoms with Crippen molar-refractivity contribution in [1.29, 1.82) is 0 Å². The van der Waals surface area contributed by atoms with Crippen LogP contribution in [0.15, 0.2) is 72.8 Å². The van der Waals surface area contributed by atoms with Gasteiger partial charge in [0, 0.05) is 5.69 Å². The molecule has 1 amide bonds. The second-order valence-corrected chi connectivity index (χ2v) is 6.21. The largest absolute Gasteiger partial charge is 0.497 e. The number of anilines is 2. The summed E-state index contributed by atoms with van der Waals surface area (Å²) in [5.41, 5.74) is 3.11. The highest BCUT2D eigenvalue weighted by molar-refractivity contribution is 6.12. The second kappa shape index (κ2) is 7.03. The van der Waals surface area contributed by atoms with Crippen LogP contribution in [0.4, 0.5) is 11.4 Å². The van der Waals surface area contributed by atoms with Crippen LogP contribution in [0.3, 0.4) is 0 Å². The Kier molecular flexibility index (Phi) is 4.42. The van der Waals surface area contributed by atoms with Crippen LogP contribution < -0.4 is 19.7 Å². The molecule has 1 unspecified atom stereocenters. The minimum absolute atomic E-state index is 0.0744. The van der Waals surface area contributed by atoms with Crippen molar-refractivity contribution in [1.82, 2.24) is 0 Å². The first-order chi connectivity index (χ1) is 13.2. The average Bonchev–Trinajstić information content (AvgIpc) is 2.74. The van der Waals surface area contributed by atoms with Gasteiger partial charge in [0.2, 0.25) is 0 Å². The predicted octanol–water partition coefficient (Wildman–Crippen LogP) is 4.47. The Morgan fingerprint density at radius 2 is 1.56 bits per heavy atom. The molecule has 0 saturated carbocycles. The van der Waals surface area contributed by atoms with Crippen LogP contribution in [0.5, 0.6) is 11.5 Å². The van der Waals surface area contributed by atoms with Gasteiger partial charge in [-0.3, -0.25) is 9.69 Å². The van der Waals surface area contributed by atoms with Gasteiger partial charge in [0.15, 0.2) is 0 Å². The van der Waals surface area contributed by atoms with Gasteiger partial charge in [0.05, 0.1) is 25.5 Å². The van der Waals surface area contributed by atoms with Gasteiger partial charge < -0.3 is 14.8 Å². The SMILES string of the molecule is COc1ccc(C2Nc3ccccc3C(=O)N2c2ccccc2OC)cc1. The number of nitrogens with one attached hydrogen (secondary N) is 1. The third-order valence-corrected chi connectivity index (χ3v) is 4.70. The molecule has 3 aromatic carbocycles. The summed E-state index contributed by atoms with van der Waals surface area (Å²) in [7, 11) is 3.24. The lowest BCUT2D eigenvalue weighted by Crippen LogP contribution is -2.43. The number of fused-ring (bicyclic) bond motifs is 1. The van der Waals surface area contributed by atoms with Gasteiger partial charge in [-0.15, -0.1) is 0 Å². The molecule has 1 N–H and O–H groups in total. The van der Waals surface area contributed by atoms with Crippen molar-refractivity contribution in [3.05, 3.63) is 83.9 Å². The number of nitrogens with zero attached hydrogens (tertiary/aromatic N) is 1. The van der Waals surface area contributed by atoms with Crippen LogP contribution >= 0.6 is 0 Å². The van der Waals surface area contributed by atoms with Crippen molar-refractivity contribution in [3.63, 3.8) is 0 Å². The topological polar surface area (TPSA) is 50.8 Å². The number of hydrogen-bond donors (Lipinski definition) is 1. The Morgan fingerprint density at radius 1 is 0.852 bits per heavy atom. The van der Waals surface area contributed by atoms with Crippen LogP contribution in [0, 0.1) is 0 Å². The lowest BCUT2D eigenvalue weighted by Gasteiger charge is -2.38. The summed E-state index contributed by atoms with van der Waals surface area (Å²) in [5.74, 6) is 1.34. The van der Waals surface area contributed by atoms with E-state index in [1.165, 1.54) is 0 Å². The third-order valence-electron chi connectivity index (χ3n) is 4.70. The van der Waals surface area contributed by atoms with Gasteiger partial charge in [-0.25, -0.2) is 0 Å². The number of methoxy groups -OCH3 is 2. The molecule has 1 heterocycles. The molecular weight excluding hydrogens is 340 g/mol. The molecule has 3 aromatic rings. The summed E-state index contributed by atoms with van der Waals surface area (Å²) in [6.45, 7) is 0. The summed E-state index contributed by atoms with van der Waals surface area (Å²) >= 11 is 0. The Morgan fingerprint density at radius 3 is 2.30 bits per heavy atom. The fourth-order valence-electron chi connectivity index (χ4n) is 3.35. The summed E-state index contributed by atoms with van der Waals surface area (Å²) in [5, 5.41) is 3.49. The smallest absolute Gasteiger partial charge is 0.262 e. The van der Waals surface area contributed by atoms with Crippen molar-refractivity contribution in [2.75, 3.05) is 24.4 Å². The van der Waals surface area contributed by atoms with Crippen molar-refractivity contribution in [2.45, 2.75) is 6.17 Å². The molecule has 5 nitrogen and oxygen atoms in total. The van der Waals surface area contributed by atoms with Crippen LogP contribution in [0.1, 0.15) is 22.1 Å². The zero-order chi connectivity index (χ0) is 18.8. The maximum atomic E-state index is 13.4. The number of amides is 1. The molecule has 0 fully saturated rings. The molecule has 0 aliphatic carbocycles. The number of benzene rings is 3. The van der Waals surface area contributed by atoms with E-state index in [1.807, 2.05) is 72.8 Å². The summed E-state index contributed by atoms with van der Waals surface area (Å²) in [4.78, 5) is 15.1. The first-order valence-corrected chi connectivity index (χ1v) is 8.69. The second-order valence-electron chi connectivity index (χ2n) is 6.21. The molecule has 0 bridgehead atoms. The summed E-state index contributed by atoms with van der Waals surface area (Å²) in [6, 6.07) is 22.8. The van der Waals surface area contributed by atoms with Crippen molar-refractivity contribution < 1.29 is 14.3 Å². The van der Waals surface area contributed by atoms with E-state index in [-0.39, 0.29) is 12.1 Å². The van der Waals surface area contributed by atoms with Crippen molar-refractivity contribution in [3.8, 4) is 11.5 Å². The van der Waals surface area contributed by atoms with Crippen LogP contribution in [-0.2, 0) is 0 Å². The zero-order valence-corrected chi connectivity index (χ0v) is 15.2. The number of ether oxygens (including phenoxy) is 2. The highest BCUT2D eigenvalue weighted by Gasteiger charge is 2.35. The molecule has 27 heavy (non-hydrogen) atoms. The molecule has 1 aliphatic rings. The van der Waals surface area contributed by atoms with E-state index in [2.05, 4.69) is 5.32 Å². The number of para-hydroxylation sites is 3. The van der Waals surface area contributed by atoms with E-state index in [0.717, 1.165) is 17.0 Å². The number of rotatable bonds is 4. The average molecular weight is 360 g/mol. The fourth-order valence-corrected chi connectivity index (χ4v) is 3.35. The first kappa shape index (κ1) is 17.0. The monoisotopic (exact) mass is 360 g/mol. The minimum Gasteiger partial charge on any atom is -0.497 e. The predicted molar refractivity (Wildman–Crippen MR) is 106 cm³/mol. The molecule has 0 aromatic heterocycles. The van der Waals surface area contributed by atoms with Gasteiger partial charge >= 0.3 is 0 Å². The van der Waals surface area contributed by atoms with Gasteiger partial charge in [-0.05, 0) is 42.0 Å². The Labute approximate surface area is 158 Å². The van der Waals surface area contributed by atoms with Gasteiger partial charge in [0.1, 0.15) is 17.7 Å². The maximum Gasteiger partial charge on any atom is 0.262 e. The lowest BCUT2D eigenvalue weighted by molar-refractivity contribution is 0.0974. The Hall–Kier alpha value is -3.47. The number of carbonyl (C=O) groups excluding carboxylic acids is 1. The van der Waals surface area contributed by atoms with Crippen molar-refractivity contribution >= 4 is 17.3 Å². The quantitative estimate of drug-likeness (QED) is 0.746. The third kappa shape index (κ3) is 2.97. The molecule has 0 spiro atoms. The van der Waals surface area contributed by atoms with E-state index in [0.29, 0.717) is 17.0 Å². The van der Waals surface area contributed by atoms with E-state index in [9.17, 15) is 4.79 Å². The summed E-state index contributed by atoms with van der Waals surface area (Å²) in [6.07, 6.45) is -0.366. The van der Waals surface area contributed by atoms with Crippen LogP contribution in [-0.4, -0.2) is 20.1 Å². The highest BCUT2D eigenvalue weighted by atomic mass is 16.5. The van der Waals surface area contributed by atoms with E-state index in [1.54, 1.807) is 19.1 Å². The molecular formula is C22H20N2O3. The van der Waals surface area contributed by atoms with Crippen LogP contribution in [0.25, 0.3) is 0 Å². The standard InChI is InChI=1S/C22H20N2O3/c1-26-16-13-11-15(12-14-16)21-23-18-8-4-3-7-17(18)22(25)24(21)19-9-5-6-10-20(19)27-2/h3-14,21,23H,1-2H3. The van der Waals surface area contributed by atoms with E-state index >= 15 is 0 Å². The minimum atomic E-state index is -0.366. The van der Waals surface area contributed by atoms with Crippen molar-refractivity contribution in [2.24, 2.45) is 0 Å². The molecule has 4 rings (SSSR count). The van der Waals surface area contributed by atoms with E-state index < -0.39 is 0 Å². The Balaban J connectivity index is 1.86. The normalized spacial score (nSPS) is 15.7. The molecule has 0 saturated heterocycles. The molecule has 0 radical (unpaired) electrons. The lowest BCUT2D eigenvalue weighted by atomic mass is 10.0. The number of carbonyl (C=O) groups is 1. The first-order valence-electron chi connectivity index (χ1n) is 8.69. The molecule has 136 valence electrons. The molecule has 1 atom stereocenters. The Bertz CT molecular complexity index is 969. The van der Waals surface area contributed by atoms with Gasteiger partial charge in [0.25, 0.3) is 5.91 Å². The fraction of sp³-hybridized carbons (Fsp3) is 0.136. The van der Waals surface area contributed by atoms with E-state index in [4.69, 9.17) is 9.47 Å². The maximum absolute atomic E-state index is 13.4. The number of hydrogen-bond acceptors (Lipinski definition) is 4. The summed E-state index contributed by atoms with van der Waals surface area (Å²) < 4.78 is 10.8. The van der Waals surface area contributed by atoms with Crippen LogP contribution in [0.2, 0.25) is 0 Å². The highest BCUT2D eigenvalue weighted by Crippen LogP contribution is 2.40. The molecule has 5 heteroatoms. The van der Waals surface area contributed by atoms with Gasteiger partial charge in [-0.1, -0.05) is 36.4 Å². The zero-order valence-electron chi connectivity index (χ0n) is 15.2. The van der Waals surface area contributed by atoms with Gasteiger partial charge in [-0.2, -0.15) is 0 Å².